The minimum Gasteiger partial charge on any atom is -0.479 e. The second-order valence-electron chi connectivity index (χ2n) is 4.06. The van der Waals surface area contributed by atoms with E-state index >= 15 is 0 Å². The molecule has 0 spiro atoms. The fourth-order valence-corrected chi connectivity index (χ4v) is 1.73. The van der Waals surface area contributed by atoms with E-state index in [-0.39, 0.29) is 19.7 Å². The molecule has 2 N–H and O–H groups in total. The number of aliphatic carboxylic acids is 1. The van der Waals surface area contributed by atoms with Crippen molar-refractivity contribution < 1.29 is 33.7 Å². The van der Waals surface area contributed by atoms with Crippen LogP contribution in [0.2, 0.25) is 0 Å². The molecule has 9 heteroatoms. The van der Waals surface area contributed by atoms with E-state index in [1.165, 1.54) is 19.1 Å². The largest absolute Gasteiger partial charge is 0.479 e. The summed E-state index contributed by atoms with van der Waals surface area (Å²) in [6.45, 7) is 0.368. The van der Waals surface area contributed by atoms with Crippen LogP contribution in [-0.2, 0) is 23.8 Å². The summed E-state index contributed by atoms with van der Waals surface area (Å²) in [6.07, 6.45) is -1.14. The summed E-state index contributed by atoms with van der Waals surface area (Å²) in [5.74, 6) is -1.76. The summed E-state index contributed by atoms with van der Waals surface area (Å²) in [7, 11) is 2.45. The molecule has 2 unspecified atom stereocenters. The molecule has 0 bridgehead atoms. The van der Waals surface area contributed by atoms with Crippen molar-refractivity contribution in [3.8, 4) is 0 Å². The molecule has 0 radical (unpaired) electrons. The molecule has 1 heterocycles. The number of carbonyl (C=O) groups is 3. The summed E-state index contributed by atoms with van der Waals surface area (Å²) in [6, 6.07) is -1.40. The molecule has 1 saturated heterocycles. The van der Waals surface area contributed by atoms with Gasteiger partial charge in [0.05, 0.1) is 26.9 Å². The fourth-order valence-electron chi connectivity index (χ4n) is 1.73. The maximum Gasteiger partial charge on any atom is 0.334 e. The van der Waals surface area contributed by atoms with Gasteiger partial charge in [-0.25, -0.2) is 14.4 Å². The number of methoxy groups -OCH3 is 2. The van der Waals surface area contributed by atoms with E-state index in [0.717, 1.165) is 0 Å². The lowest BCUT2D eigenvalue weighted by Crippen LogP contribution is -2.57. The lowest BCUT2D eigenvalue weighted by Gasteiger charge is -2.33. The maximum absolute atomic E-state index is 12.0. The maximum atomic E-state index is 12.0. The van der Waals surface area contributed by atoms with Gasteiger partial charge in [-0.05, 0) is 0 Å². The molecule has 1 rings (SSSR count). The van der Waals surface area contributed by atoms with Crippen LogP contribution >= 0.6 is 0 Å². The Morgan fingerprint density at radius 1 is 1.45 bits per heavy atom. The van der Waals surface area contributed by atoms with Gasteiger partial charge in [0.1, 0.15) is 0 Å². The third-order valence-corrected chi connectivity index (χ3v) is 2.86. The molecule has 1 aliphatic rings. The van der Waals surface area contributed by atoms with Gasteiger partial charge in [0, 0.05) is 13.7 Å². The first kappa shape index (κ1) is 16.2. The number of urea groups is 1. The van der Waals surface area contributed by atoms with Gasteiger partial charge in [-0.3, -0.25) is 0 Å². The molecule has 9 nitrogen and oxygen atoms in total. The predicted molar refractivity (Wildman–Crippen MR) is 65.2 cm³/mol. The molecule has 114 valence electrons. The molecule has 0 aromatic carbocycles. The summed E-state index contributed by atoms with van der Waals surface area (Å²) < 4.78 is 14.4. The third-order valence-electron chi connectivity index (χ3n) is 2.86. The molecule has 0 saturated carbocycles. The van der Waals surface area contributed by atoms with Crippen molar-refractivity contribution in [1.82, 2.24) is 10.2 Å². The van der Waals surface area contributed by atoms with Crippen molar-refractivity contribution >= 4 is 18.0 Å². The van der Waals surface area contributed by atoms with Gasteiger partial charge in [-0.1, -0.05) is 0 Å². The van der Waals surface area contributed by atoms with Gasteiger partial charge < -0.3 is 29.5 Å². The van der Waals surface area contributed by atoms with Crippen molar-refractivity contribution in [2.75, 3.05) is 40.5 Å². The zero-order valence-electron chi connectivity index (χ0n) is 11.3. The van der Waals surface area contributed by atoms with Crippen LogP contribution in [0.25, 0.3) is 0 Å². The van der Waals surface area contributed by atoms with Gasteiger partial charge in [0.15, 0.2) is 12.1 Å². The van der Waals surface area contributed by atoms with E-state index in [1.54, 1.807) is 0 Å². The van der Waals surface area contributed by atoms with Crippen LogP contribution in [0, 0.1) is 0 Å². The SMILES string of the molecule is COC(=O)C1COCCN1C(=O)NCC(OC)C(=O)O. The zero-order valence-corrected chi connectivity index (χ0v) is 11.3. The first-order valence-corrected chi connectivity index (χ1v) is 5.97. The summed E-state index contributed by atoms with van der Waals surface area (Å²) in [4.78, 5) is 35.5. The summed E-state index contributed by atoms with van der Waals surface area (Å²) in [5, 5.41) is 11.2. The molecule has 1 aliphatic heterocycles. The van der Waals surface area contributed by atoms with Gasteiger partial charge in [-0.15, -0.1) is 0 Å². The molecule has 0 aromatic rings. The first-order valence-electron chi connectivity index (χ1n) is 5.97. The molecule has 2 amide bonds. The first-order chi connectivity index (χ1) is 9.51. The highest BCUT2D eigenvalue weighted by Crippen LogP contribution is 2.08. The van der Waals surface area contributed by atoms with Gasteiger partial charge in [0.2, 0.25) is 0 Å². The van der Waals surface area contributed by atoms with E-state index in [2.05, 4.69) is 10.1 Å². The number of carboxylic acid groups (broad SMARTS) is 1. The molecule has 20 heavy (non-hydrogen) atoms. The van der Waals surface area contributed by atoms with E-state index < -0.39 is 30.1 Å². The highest BCUT2D eigenvalue weighted by Gasteiger charge is 2.34. The topological polar surface area (TPSA) is 114 Å². The van der Waals surface area contributed by atoms with Gasteiger partial charge >= 0.3 is 18.0 Å². The van der Waals surface area contributed by atoms with Crippen LogP contribution in [0.5, 0.6) is 0 Å². The lowest BCUT2D eigenvalue weighted by molar-refractivity contribution is -0.151. The Kier molecular flexibility index (Phi) is 6.19. The van der Waals surface area contributed by atoms with Gasteiger partial charge in [0.25, 0.3) is 0 Å². The van der Waals surface area contributed by atoms with Crippen molar-refractivity contribution in [2.45, 2.75) is 12.1 Å². The van der Waals surface area contributed by atoms with Crippen LogP contribution in [0.4, 0.5) is 4.79 Å². The number of amides is 2. The Labute approximate surface area is 115 Å². The van der Waals surface area contributed by atoms with E-state index in [1.807, 2.05) is 0 Å². The number of rotatable bonds is 5. The number of nitrogens with one attached hydrogen (secondary N) is 1. The number of nitrogens with zero attached hydrogens (tertiary/aromatic N) is 1. The predicted octanol–water partition coefficient (Wildman–Crippen LogP) is -1.33. The number of hydrogen-bond donors (Lipinski definition) is 2. The summed E-state index contributed by atoms with van der Waals surface area (Å²) >= 11 is 0. The average molecular weight is 290 g/mol. The van der Waals surface area contributed by atoms with Crippen LogP contribution < -0.4 is 5.32 Å². The minimum atomic E-state index is -1.18. The lowest BCUT2D eigenvalue weighted by atomic mass is 10.2. The van der Waals surface area contributed by atoms with E-state index in [4.69, 9.17) is 14.6 Å². The second kappa shape index (κ2) is 7.65. The standard InChI is InChI=1S/C11H18N2O7/c1-18-8(9(14)15)5-12-11(17)13-3-4-20-6-7(13)10(16)19-2/h7-8H,3-6H2,1-2H3,(H,12,17)(H,14,15). The minimum absolute atomic E-state index is 0.0483. The number of carboxylic acids is 1. The molecular weight excluding hydrogens is 272 g/mol. The molecule has 1 fully saturated rings. The van der Waals surface area contributed by atoms with Crippen LogP contribution in [0.3, 0.4) is 0 Å². The smallest absolute Gasteiger partial charge is 0.334 e. The molecular formula is C11H18N2O7. The Hall–Kier alpha value is -1.87. The normalized spacial score (nSPS) is 20.1. The number of esters is 1. The second-order valence-corrected chi connectivity index (χ2v) is 4.06. The highest BCUT2D eigenvalue weighted by molar-refractivity contribution is 5.84. The number of carbonyl (C=O) groups excluding carboxylic acids is 2. The van der Waals surface area contributed by atoms with E-state index in [9.17, 15) is 14.4 Å². The van der Waals surface area contributed by atoms with Crippen molar-refractivity contribution in [2.24, 2.45) is 0 Å². The van der Waals surface area contributed by atoms with Crippen molar-refractivity contribution in [1.29, 1.82) is 0 Å². The molecule has 0 aromatic heterocycles. The number of morpholine rings is 1. The van der Waals surface area contributed by atoms with Crippen LogP contribution in [0.1, 0.15) is 0 Å². The molecule has 2 atom stereocenters. The molecule has 0 aliphatic carbocycles. The highest BCUT2D eigenvalue weighted by atomic mass is 16.5. The Balaban J connectivity index is 2.59. The van der Waals surface area contributed by atoms with Gasteiger partial charge in [-0.2, -0.15) is 0 Å². The quantitative estimate of drug-likeness (QED) is 0.603. The Bertz CT molecular complexity index is 374. The van der Waals surface area contributed by atoms with E-state index in [0.29, 0.717) is 6.61 Å². The van der Waals surface area contributed by atoms with Crippen LogP contribution in [-0.4, -0.2) is 80.6 Å². The van der Waals surface area contributed by atoms with Crippen molar-refractivity contribution in [3.05, 3.63) is 0 Å². The van der Waals surface area contributed by atoms with Crippen molar-refractivity contribution in [3.63, 3.8) is 0 Å². The average Bonchev–Trinajstić information content (AvgIpc) is 2.46. The Morgan fingerprint density at radius 2 is 2.15 bits per heavy atom. The number of ether oxygens (including phenoxy) is 3. The van der Waals surface area contributed by atoms with Crippen LogP contribution in [0.15, 0.2) is 0 Å². The zero-order chi connectivity index (χ0) is 15.1. The Morgan fingerprint density at radius 3 is 2.70 bits per heavy atom. The third kappa shape index (κ3) is 4.07. The fraction of sp³-hybridized carbons (Fsp3) is 0.727. The summed E-state index contributed by atoms with van der Waals surface area (Å²) in [5.41, 5.74) is 0. The number of hydrogen-bond acceptors (Lipinski definition) is 6. The monoisotopic (exact) mass is 290 g/mol.